The first kappa shape index (κ1) is 14.9. The Morgan fingerprint density at radius 2 is 1.94 bits per heavy atom. The van der Waals surface area contributed by atoms with Gasteiger partial charge in [-0.25, -0.2) is 9.97 Å². The predicted octanol–water partition coefficient (Wildman–Crippen LogP) is 0.990. The molecule has 1 heterocycles. The van der Waals surface area contributed by atoms with Crippen LogP contribution in [0.25, 0.3) is 0 Å². The van der Waals surface area contributed by atoms with E-state index in [9.17, 15) is 5.11 Å². The zero-order valence-corrected chi connectivity index (χ0v) is 12.0. The Kier molecular flexibility index (Phi) is 5.50. The van der Waals surface area contributed by atoms with E-state index in [0.29, 0.717) is 13.1 Å². The zero-order chi connectivity index (χ0) is 13.7. The van der Waals surface area contributed by atoms with Crippen LogP contribution in [0.4, 0.5) is 5.82 Å². The van der Waals surface area contributed by atoms with Gasteiger partial charge >= 0.3 is 0 Å². The van der Waals surface area contributed by atoms with Crippen molar-refractivity contribution in [2.75, 3.05) is 32.5 Å². The molecule has 1 aromatic heterocycles. The minimum Gasteiger partial charge on any atom is -0.390 e. The van der Waals surface area contributed by atoms with E-state index < -0.39 is 6.10 Å². The number of aliphatic hydroxyl groups excluding tert-OH is 1. The van der Waals surface area contributed by atoms with E-state index in [1.165, 1.54) is 0 Å². The third-order valence-corrected chi connectivity index (χ3v) is 2.76. The van der Waals surface area contributed by atoms with Gasteiger partial charge in [-0.2, -0.15) is 0 Å². The van der Waals surface area contributed by atoms with Crippen LogP contribution >= 0.6 is 0 Å². The smallest absolute Gasteiger partial charge is 0.133 e. The third-order valence-electron chi connectivity index (χ3n) is 2.76. The summed E-state index contributed by atoms with van der Waals surface area (Å²) in [5, 5.41) is 13.1. The predicted molar refractivity (Wildman–Crippen MR) is 73.9 cm³/mol. The van der Waals surface area contributed by atoms with Gasteiger partial charge in [0.2, 0.25) is 0 Å². The highest BCUT2D eigenvalue weighted by Gasteiger charge is 2.10. The van der Waals surface area contributed by atoms with Crippen LogP contribution in [0.3, 0.4) is 0 Å². The highest BCUT2D eigenvalue weighted by Crippen LogP contribution is 2.16. The number of anilines is 1. The Morgan fingerprint density at radius 1 is 1.28 bits per heavy atom. The Bertz CT molecular complexity index is 393. The lowest BCUT2D eigenvalue weighted by Gasteiger charge is -2.18. The lowest BCUT2D eigenvalue weighted by molar-refractivity contribution is 0.148. The maximum absolute atomic E-state index is 9.84. The molecule has 0 spiro atoms. The molecular weight excluding hydrogens is 228 g/mol. The number of likely N-dealkylation sites (N-methyl/N-ethyl adjacent to an activating group) is 1. The van der Waals surface area contributed by atoms with E-state index in [2.05, 4.69) is 22.2 Å². The van der Waals surface area contributed by atoms with Crippen molar-refractivity contribution in [3.8, 4) is 0 Å². The van der Waals surface area contributed by atoms with Crippen molar-refractivity contribution in [3.05, 3.63) is 17.1 Å². The molecule has 0 amide bonds. The topological polar surface area (TPSA) is 61.3 Å². The Hall–Kier alpha value is -1.20. The second kappa shape index (κ2) is 6.66. The Balaban J connectivity index is 2.72. The maximum Gasteiger partial charge on any atom is 0.133 e. The summed E-state index contributed by atoms with van der Waals surface area (Å²) in [6.07, 6.45) is 0.485. The van der Waals surface area contributed by atoms with E-state index in [1.807, 2.05) is 32.8 Å². The molecule has 0 unspecified atom stereocenters. The second-order valence-corrected chi connectivity index (χ2v) is 4.83. The summed E-state index contributed by atoms with van der Waals surface area (Å²) in [5.74, 6) is 1.61. The highest BCUT2D eigenvalue weighted by molar-refractivity contribution is 5.46. The van der Waals surface area contributed by atoms with Crippen molar-refractivity contribution in [2.24, 2.45) is 0 Å². The van der Waals surface area contributed by atoms with Gasteiger partial charge in [-0.1, -0.05) is 6.92 Å². The van der Waals surface area contributed by atoms with Crippen molar-refractivity contribution < 1.29 is 5.11 Å². The van der Waals surface area contributed by atoms with Crippen molar-refractivity contribution >= 4 is 5.82 Å². The van der Waals surface area contributed by atoms with Crippen molar-refractivity contribution in [3.63, 3.8) is 0 Å². The largest absolute Gasteiger partial charge is 0.390 e. The van der Waals surface area contributed by atoms with Gasteiger partial charge in [-0.15, -0.1) is 0 Å². The molecular formula is C13H24N4O. The summed E-state index contributed by atoms with van der Waals surface area (Å²) in [5.41, 5.74) is 2.13. The number of hydrogen-bond donors (Lipinski definition) is 2. The van der Waals surface area contributed by atoms with Crippen molar-refractivity contribution in [2.45, 2.75) is 33.3 Å². The molecule has 1 atom stereocenters. The maximum atomic E-state index is 9.84. The lowest BCUT2D eigenvalue weighted by atomic mass is 10.1. The summed E-state index contributed by atoms with van der Waals surface area (Å²) in [6, 6.07) is 0. The summed E-state index contributed by atoms with van der Waals surface area (Å²) in [6.45, 7) is 7.10. The number of nitrogens with one attached hydrogen (secondary N) is 1. The normalized spacial score (nSPS) is 12.8. The zero-order valence-electron chi connectivity index (χ0n) is 12.0. The quantitative estimate of drug-likeness (QED) is 0.790. The Morgan fingerprint density at radius 3 is 2.50 bits per heavy atom. The average Bonchev–Trinajstić information content (AvgIpc) is 2.24. The summed E-state index contributed by atoms with van der Waals surface area (Å²) in [4.78, 5) is 10.7. The van der Waals surface area contributed by atoms with E-state index in [0.717, 1.165) is 29.3 Å². The van der Waals surface area contributed by atoms with Crippen LogP contribution in [0.5, 0.6) is 0 Å². The minimum atomic E-state index is -0.403. The SMILES string of the molecule is CCc1c(C)nc(C)nc1NC[C@H](O)CN(C)C. The first-order valence-electron chi connectivity index (χ1n) is 6.34. The van der Waals surface area contributed by atoms with Gasteiger partial charge in [0.25, 0.3) is 0 Å². The highest BCUT2D eigenvalue weighted by atomic mass is 16.3. The van der Waals surface area contributed by atoms with Gasteiger partial charge in [0, 0.05) is 24.3 Å². The number of aliphatic hydroxyl groups is 1. The van der Waals surface area contributed by atoms with Crippen LogP contribution in [-0.4, -0.2) is 53.3 Å². The molecule has 0 saturated heterocycles. The van der Waals surface area contributed by atoms with Crippen LogP contribution in [0.2, 0.25) is 0 Å². The average molecular weight is 252 g/mol. The number of aromatic nitrogens is 2. The molecule has 1 rings (SSSR count). The molecule has 18 heavy (non-hydrogen) atoms. The number of rotatable bonds is 6. The molecule has 0 fully saturated rings. The Labute approximate surface area is 109 Å². The van der Waals surface area contributed by atoms with Crippen LogP contribution < -0.4 is 5.32 Å². The molecule has 0 radical (unpaired) electrons. The number of hydrogen-bond acceptors (Lipinski definition) is 5. The van der Waals surface area contributed by atoms with E-state index in [1.54, 1.807) is 0 Å². The fraction of sp³-hybridized carbons (Fsp3) is 0.692. The fourth-order valence-corrected chi connectivity index (χ4v) is 2.01. The first-order chi connectivity index (χ1) is 8.43. The summed E-state index contributed by atoms with van der Waals surface area (Å²) >= 11 is 0. The minimum absolute atomic E-state index is 0.403. The third kappa shape index (κ3) is 4.23. The molecule has 0 aliphatic carbocycles. The fourth-order valence-electron chi connectivity index (χ4n) is 2.01. The van der Waals surface area contributed by atoms with Crippen molar-refractivity contribution in [1.82, 2.24) is 14.9 Å². The van der Waals surface area contributed by atoms with Gasteiger partial charge in [0.1, 0.15) is 11.6 Å². The number of aryl methyl sites for hydroxylation is 2. The van der Waals surface area contributed by atoms with Gasteiger partial charge in [-0.3, -0.25) is 0 Å². The molecule has 1 aromatic rings. The van der Waals surface area contributed by atoms with Crippen molar-refractivity contribution in [1.29, 1.82) is 0 Å². The second-order valence-electron chi connectivity index (χ2n) is 4.83. The monoisotopic (exact) mass is 252 g/mol. The molecule has 2 N–H and O–H groups in total. The molecule has 5 nitrogen and oxygen atoms in total. The molecule has 5 heteroatoms. The van der Waals surface area contributed by atoms with Crippen LogP contribution in [-0.2, 0) is 6.42 Å². The molecule has 0 aromatic carbocycles. The molecule has 102 valence electrons. The molecule has 0 bridgehead atoms. The first-order valence-corrected chi connectivity index (χ1v) is 6.34. The molecule has 0 saturated carbocycles. The summed E-state index contributed by atoms with van der Waals surface area (Å²) in [7, 11) is 3.89. The van der Waals surface area contributed by atoms with Gasteiger partial charge in [0.05, 0.1) is 6.10 Å². The van der Waals surface area contributed by atoms with Gasteiger partial charge < -0.3 is 15.3 Å². The van der Waals surface area contributed by atoms with Gasteiger partial charge in [0.15, 0.2) is 0 Å². The number of nitrogens with zero attached hydrogens (tertiary/aromatic N) is 3. The lowest BCUT2D eigenvalue weighted by Crippen LogP contribution is -2.32. The van der Waals surface area contributed by atoms with E-state index in [4.69, 9.17) is 0 Å². The van der Waals surface area contributed by atoms with Crippen LogP contribution in [0.1, 0.15) is 24.0 Å². The summed E-state index contributed by atoms with van der Waals surface area (Å²) < 4.78 is 0. The molecule has 0 aliphatic rings. The van der Waals surface area contributed by atoms with Crippen LogP contribution in [0.15, 0.2) is 0 Å². The molecule has 0 aliphatic heterocycles. The standard InChI is InChI=1S/C13H24N4O/c1-6-12-9(2)15-10(3)16-13(12)14-7-11(18)8-17(4)5/h11,18H,6-8H2,1-5H3,(H,14,15,16)/t11-/m0/s1. The van der Waals surface area contributed by atoms with Crippen LogP contribution in [0, 0.1) is 13.8 Å². The van der Waals surface area contributed by atoms with E-state index >= 15 is 0 Å². The van der Waals surface area contributed by atoms with Gasteiger partial charge in [-0.05, 0) is 34.4 Å². The van der Waals surface area contributed by atoms with E-state index in [-0.39, 0.29) is 0 Å².